The second-order valence-electron chi connectivity index (χ2n) is 5.32. The summed E-state index contributed by atoms with van der Waals surface area (Å²) in [5, 5.41) is 11.3. The summed E-state index contributed by atoms with van der Waals surface area (Å²) >= 11 is 1.18. The summed E-state index contributed by atoms with van der Waals surface area (Å²) in [5.74, 6) is 7.53. The van der Waals surface area contributed by atoms with E-state index in [0.29, 0.717) is 28.2 Å². The van der Waals surface area contributed by atoms with Crippen molar-refractivity contribution < 1.29 is 14.3 Å². The van der Waals surface area contributed by atoms with Gasteiger partial charge in [0.15, 0.2) is 17.3 Å². The van der Waals surface area contributed by atoms with Crippen molar-refractivity contribution in [1.82, 2.24) is 19.9 Å². The summed E-state index contributed by atoms with van der Waals surface area (Å²) in [6.07, 6.45) is 3.31. The Bertz CT molecular complexity index is 932. The number of nitrogen functional groups attached to an aromatic ring is 1. The highest BCUT2D eigenvalue weighted by molar-refractivity contribution is 7.99. The van der Waals surface area contributed by atoms with E-state index in [9.17, 15) is 4.79 Å². The fraction of sp³-hybridized carbons (Fsp3) is 0.176. The van der Waals surface area contributed by atoms with Gasteiger partial charge in [-0.05, 0) is 24.3 Å². The molecule has 1 aromatic carbocycles. The molecule has 2 heterocycles. The number of pyridine rings is 1. The van der Waals surface area contributed by atoms with E-state index in [1.54, 1.807) is 43.8 Å². The quantitative estimate of drug-likeness (QED) is 0.466. The van der Waals surface area contributed by atoms with Gasteiger partial charge in [0.2, 0.25) is 11.1 Å². The molecule has 0 aliphatic heterocycles. The Balaban J connectivity index is 1.62. The van der Waals surface area contributed by atoms with Crippen LogP contribution in [0.25, 0.3) is 11.4 Å². The van der Waals surface area contributed by atoms with Crippen molar-refractivity contribution in [2.45, 2.75) is 5.16 Å². The number of amides is 1. The summed E-state index contributed by atoms with van der Waals surface area (Å²) in [4.78, 5) is 16.2. The first kappa shape index (κ1) is 18.5. The van der Waals surface area contributed by atoms with Crippen LogP contribution in [0.1, 0.15) is 0 Å². The van der Waals surface area contributed by atoms with Gasteiger partial charge in [0.05, 0.1) is 20.0 Å². The minimum absolute atomic E-state index is 0.122. The molecule has 0 unspecified atom stereocenters. The first-order valence-corrected chi connectivity index (χ1v) is 8.86. The van der Waals surface area contributed by atoms with Gasteiger partial charge >= 0.3 is 0 Å². The predicted molar refractivity (Wildman–Crippen MR) is 102 cm³/mol. The number of nitrogens with zero attached hydrogens (tertiary/aromatic N) is 4. The van der Waals surface area contributed by atoms with E-state index in [1.165, 1.54) is 23.5 Å². The normalized spacial score (nSPS) is 10.4. The van der Waals surface area contributed by atoms with Crippen molar-refractivity contribution in [1.29, 1.82) is 0 Å². The third kappa shape index (κ3) is 4.29. The number of rotatable bonds is 7. The Kier molecular flexibility index (Phi) is 5.77. The second kappa shape index (κ2) is 8.41. The lowest BCUT2D eigenvalue weighted by atomic mass is 10.2. The molecule has 0 saturated heterocycles. The van der Waals surface area contributed by atoms with Crippen LogP contribution in [0.4, 0.5) is 5.69 Å². The molecule has 27 heavy (non-hydrogen) atoms. The monoisotopic (exact) mass is 386 g/mol. The molecule has 2 aromatic heterocycles. The Morgan fingerprint density at radius 3 is 2.74 bits per heavy atom. The van der Waals surface area contributed by atoms with Crippen LogP contribution < -0.4 is 20.6 Å². The lowest BCUT2D eigenvalue weighted by Gasteiger charge is -2.10. The van der Waals surface area contributed by atoms with Crippen LogP contribution in [-0.2, 0) is 4.79 Å². The van der Waals surface area contributed by atoms with Gasteiger partial charge in [-0.25, -0.2) is 4.68 Å². The van der Waals surface area contributed by atoms with Gasteiger partial charge in [-0.15, -0.1) is 10.2 Å². The zero-order chi connectivity index (χ0) is 19.2. The third-order valence-electron chi connectivity index (χ3n) is 3.58. The maximum absolute atomic E-state index is 12.2. The third-order valence-corrected chi connectivity index (χ3v) is 4.53. The van der Waals surface area contributed by atoms with Crippen LogP contribution >= 0.6 is 11.8 Å². The number of thioether (sulfide) groups is 1. The highest BCUT2D eigenvalue weighted by Crippen LogP contribution is 2.30. The standard InChI is InChI=1S/C17H18N6O3S/c1-25-13-6-5-12(8-14(13)26-2)20-15(24)10-27-17-22-21-16(23(17)18)11-4-3-7-19-9-11/h3-9H,10,18H2,1-2H3,(H,20,24). The molecule has 3 aromatic rings. The summed E-state index contributed by atoms with van der Waals surface area (Å²) < 4.78 is 11.7. The molecule has 0 spiro atoms. The Hall–Kier alpha value is -3.27. The SMILES string of the molecule is COc1ccc(NC(=O)CSc2nnc(-c3cccnc3)n2N)cc1OC. The van der Waals surface area contributed by atoms with Crippen LogP contribution in [0.3, 0.4) is 0 Å². The van der Waals surface area contributed by atoms with Crippen LogP contribution in [0.2, 0.25) is 0 Å². The minimum atomic E-state index is -0.210. The van der Waals surface area contributed by atoms with Gasteiger partial charge in [-0.2, -0.15) is 0 Å². The number of hydrogen-bond acceptors (Lipinski definition) is 8. The van der Waals surface area contributed by atoms with Crippen molar-refractivity contribution in [2.24, 2.45) is 0 Å². The molecule has 1 amide bonds. The van der Waals surface area contributed by atoms with E-state index in [0.717, 1.165) is 5.56 Å². The second-order valence-corrected chi connectivity index (χ2v) is 6.27. The highest BCUT2D eigenvalue weighted by atomic mass is 32.2. The summed E-state index contributed by atoms with van der Waals surface area (Å²) in [5.41, 5.74) is 1.35. The van der Waals surface area contributed by atoms with E-state index < -0.39 is 0 Å². The molecule has 9 nitrogen and oxygen atoms in total. The number of anilines is 1. The number of hydrogen-bond donors (Lipinski definition) is 2. The number of benzene rings is 1. The number of nitrogens with one attached hydrogen (secondary N) is 1. The topological polar surface area (TPSA) is 117 Å². The molecular weight excluding hydrogens is 368 g/mol. The number of ether oxygens (including phenoxy) is 2. The van der Waals surface area contributed by atoms with E-state index in [-0.39, 0.29) is 11.7 Å². The molecule has 0 fully saturated rings. The predicted octanol–water partition coefficient (Wildman–Crippen LogP) is 1.80. The average Bonchev–Trinajstić information content (AvgIpc) is 3.07. The molecule has 0 radical (unpaired) electrons. The van der Waals surface area contributed by atoms with Crippen molar-refractivity contribution in [3.63, 3.8) is 0 Å². The zero-order valence-electron chi connectivity index (χ0n) is 14.7. The van der Waals surface area contributed by atoms with E-state index in [4.69, 9.17) is 15.3 Å². The molecule has 0 aliphatic carbocycles. The number of carbonyl (C=O) groups excluding carboxylic acids is 1. The summed E-state index contributed by atoms with van der Waals surface area (Å²) in [6, 6.07) is 8.76. The maximum atomic E-state index is 12.2. The van der Waals surface area contributed by atoms with Crippen LogP contribution in [0, 0.1) is 0 Å². The van der Waals surface area contributed by atoms with Gasteiger partial charge < -0.3 is 20.6 Å². The molecule has 10 heteroatoms. The smallest absolute Gasteiger partial charge is 0.234 e. The average molecular weight is 386 g/mol. The van der Waals surface area contributed by atoms with E-state index in [1.807, 2.05) is 6.07 Å². The maximum Gasteiger partial charge on any atom is 0.234 e. The number of carbonyl (C=O) groups is 1. The van der Waals surface area contributed by atoms with Crippen LogP contribution in [-0.4, -0.2) is 45.7 Å². The van der Waals surface area contributed by atoms with Gasteiger partial charge in [0.25, 0.3) is 0 Å². The molecule has 0 aliphatic rings. The highest BCUT2D eigenvalue weighted by Gasteiger charge is 2.14. The van der Waals surface area contributed by atoms with Crippen molar-refractivity contribution in [3.8, 4) is 22.9 Å². The van der Waals surface area contributed by atoms with Gasteiger partial charge in [0.1, 0.15) is 0 Å². The van der Waals surface area contributed by atoms with Crippen molar-refractivity contribution in [3.05, 3.63) is 42.7 Å². The van der Waals surface area contributed by atoms with Crippen LogP contribution in [0.5, 0.6) is 11.5 Å². The Morgan fingerprint density at radius 2 is 2.04 bits per heavy atom. The van der Waals surface area contributed by atoms with Gasteiger partial charge in [-0.1, -0.05) is 11.8 Å². The van der Waals surface area contributed by atoms with Crippen molar-refractivity contribution in [2.75, 3.05) is 31.1 Å². The van der Waals surface area contributed by atoms with Gasteiger partial charge in [-0.3, -0.25) is 9.78 Å². The zero-order valence-corrected chi connectivity index (χ0v) is 15.6. The number of nitrogens with two attached hydrogens (primary N) is 1. The molecule has 0 bridgehead atoms. The van der Waals surface area contributed by atoms with Crippen molar-refractivity contribution >= 4 is 23.4 Å². The van der Waals surface area contributed by atoms with E-state index in [2.05, 4.69) is 20.5 Å². The van der Waals surface area contributed by atoms with Crippen LogP contribution in [0.15, 0.2) is 47.9 Å². The molecule has 3 N–H and O–H groups in total. The largest absolute Gasteiger partial charge is 0.493 e. The summed E-state index contributed by atoms with van der Waals surface area (Å²) in [7, 11) is 3.09. The van der Waals surface area contributed by atoms with E-state index >= 15 is 0 Å². The first-order valence-electron chi connectivity index (χ1n) is 7.88. The fourth-order valence-corrected chi connectivity index (χ4v) is 2.96. The first-order chi connectivity index (χ1) is 13.1. The minimum Gasteiger partial charge on any atom is -0.493 e. The number of aromatic nitrogens is 4. The number of methoxy groups -OCH3 is 2. The summed E-state index contributed by atoms with van der Waals surface area (Å²) in [6.45, 7) is 0. The molecule has 0 saturated carbocycles. The fourth-order valence-electron chi connectivity index (χ4n) is 2.31. The lowest BCUT2D eigenvalue weighted by molar-refractivity contribution is -0.113. The lowest BCUT2D eigenvalue weighted by Crippen LogP contribution is -2.16. The molecule has 3 rings (SSSR count). The molecule has 140 valence electrons. The molecular formula is C17H18N6O3S. The van der Waals surface area contributed by atoms with Gasteiger partial charge in [0, 0.05) is 29.7 Å². The Morgan fingerprint density at radius 1 is 1.22 bits per heavy atom. The molecule has 0 atom stereocenters. The Labute approximate surface area is 159 Å².